The minimum atomic E-state index is 0.231. The van der Waals surface area contributed by atoms with Crippen LogP contribution in [0, 0.1) is 0 Å². The van der Waals surface area contributed by atoms with Crippen LogP contribution in [0.3, 0.4) is 0 Å². The number of hydrogen-bond acceptors (Lipinski definition) is 3. The number of rotatable bonds is 4. The largest absolute Gasteiger partial charge is 0.508 e. The lowest BCUT2D eigenvalue weighted by Gasteiger charge is -2.13. The van der Waals surface area contributed by atoms with Crippen molar-refractivity contribution >= 4 is 23.0 Å². The van der Waals surface area contributed by atoms with Crippen LogP contribution in [0.2, 0.25) is 5.02 Å². The van der Waals surface area contributed by atoms with Crippen molar-refractivity contribution in [3.8, 4) is 5.75 Å². The fraction of sp³-hybridized carbons (Fsp3) is 0.160. The maximum atomic E-state index is 9.69. The van der Waals surface area contributed by atoms with Gasteiger partial charge < -0.3 is 10.4 Å². The molecule has 146 valence electrons. The van der Waals surface area contributed by atoms with Gasteiger partial charge in [-0.25, -0.2) is 0 Å². The molecule has 2 N–H and O–H groups in total. The molecule has 0 atom stereocenters. The van der Waals surface area contributed by atoms with Crippen LogP contribution in [-0.2, 0) is 6.42 Å². The monoisotopic (exact) mass is 402 g/mol. The summed E-state index contributed by atoms with van der Waals surface area (Å²) < 4.78 is 0. The lowest BCUT2D eigenvalue weighted by atomic mass is 9.94. The number of halogens is 1. The summed E-state index contributed by atoms with van der Waals surface area (Å²) in [7, 11) is 0. The maximum Gasteiger partial charge on any atom is 0.115 e. The Hall–Kier alpha value is -3.04. The lowest BCUT2D eigenvalue weighted by Crippen LogP contribution is -2.05. The Balaban J connectivity index is 1.80. The number of phenolic OH excluding ortho intramolecular Hbond substituents is 1. The molecule has 0 bridgehead atoms. The number of aromatic hydroxyl groups is 1. The average Bonchev–Trinajstić information content (AvgIpc) is 2.88. The van der Waals surface area contributed by atoms with E-state index in [9.17, 15) is 5.11 Å². The zero-order valence-electron chi connectivity index (χ0n) is 16.5. The van der Waals surface area contributed by atoms with Crippen molar-refractivity contribution in [2.45, 2.75) is 26.2 Å². The van der Waals surface area contributed by atoms with Gasteiger partial charge in [0.1, 0.15) is 5.75 Å². The van der Waals surface area contributed by atoms with E-state index in [4.69, 9.17) is 16.6 Å². The second kappa shape index (κ2) is 8.14. The van der Waals surface area contributed by atoms with Crippen LogP contribution in [0.4, 0.5) is 5.69 Å². The van der Waals surface area contributed by atoms with E-state index in [1.807, 2.05) is 36.5 Å². The van der Waals surface area contributed by atoms with Gasteiger partial charge in [0.05, 0.1) is 11.4 Å². The van der Waals surface area contributed by atoms with Gasteiger partial charge in [-0.05, 0) is 59.5 Å². The summed E-state index contributed by atoms with van der Waals surface area (Å²) >= 11 is 6.29. The molecule has 4 rings (SSSR count). The van der Waals surface area contributed by atoms with Crippen LogP contribution >= 0.6 is 11.6 Å². The number of hydrogen-bond donors (Lipinski definition) is 2. The van der Waals surface area contributed by atoms with Crippen molar-refractivity contribution in [3.05, 3.63) is 106 Å². The van der Waals surface area contributed by atoms with E-state index in [1.54, 1.807) is 12.1 Å². The van der Waals surface area contributed by atoms with E-state index >= 15 is 0 Å². The molecule has 1 aliphatic rings. The number of nitrogens with one attached hydrogen (secondary N) is 1. The quantitative estimate of drug-likeness (QED) is 0.522. The van der Waals surface area contributed by atoms with E-state index in [1.165, 1.54) is 11.1 Å². The molecular formula is C25H23ClN2O. The highest BCUT2D eigenvalue weighted by Crippen LogP contribution is 2.30. The Morgan fingerprint density at radius 3 is 2.52 bits per heavy atom. The summed E-state index contributed by atoms with van der Waals surface area (Å²) in [5.74, 6) is 0.677. The third-order valence-electron chi connectivity index (χ3n) is 5.08. The van der Waals surface area contributed by atoms with Gasteiger partial charge in [-0.2, -0.15) is 0 Å². The fourth-order valence-electron chi connectivity index (χ4n) is 3.62. The van der Waals surface area contributed by atoms with E-state index in [0.717, 1.165) is 34.6 Å². The smallest absolute Gasteiger partial charge is 0.115 e. The molecule has 0 aromatic heterocycles. The molecule has 0 unspecified atom stereocenters. The maximum absolute atomic E-state index is 9.69. The standard InChI is InChI=1S/C25H23ClN2O/c1-16(2)22-6-4-3-5-18(22)13-20-15-27-24-12-9-19(26)14-23(24)25(28-20)17-7-10-21(29)11-8-17/h3-12,14-16,27,29H,13H2,1-2H3. The summed E-state index contributed by atoms with van der Waals surface area (Å²) in [5, 5.41) is 13.8. The predicted octanol–water partition coefficient (Wildman–Crippen LogP) is 6.52. The van der Waals surface area contributed by atoms with Gasteiger partial charge in [-0.3, -0.25) is 4.99 Å². The number of anilines is 1. The second-order valence-corrected chi connectivity index (χ2v) is 7.94. The zero-order valence-corrected chi connectivity index (χ0v) is 17.2. The van der Waals surface area contributed by atoms with Crippen molar-refractivity contribution < 1.29 is 5.11 Å². The van der Waals surface area contributed by atoms with Gasteiger partial charge in [-0.1, -0.05) is 49.7 Å². The van der Waals surface area contributed by atoms with Crippen LogP contribution in [0.15, 0.2) is 83.6 Å². The van der Waals surface area contributed by atoms with Crippen LogP contribution in [0.1, 0.15) is 42.0 Å². The molecule has 3 nitrogen and oxygen atoms in total. The fourth-order valence-corrected chi connectivity index (χ4v) is 3.79. The summed E-state index contributed by atoms with van der Waals surface area (Å²) in [6, 6.07) is 21.4. The SMILES string of the molecule is CC(C)c1ccccc1CC1=CNc2ccc(Cl)cc2C(c2ccc(O)cc2)=N1. The molecule has 0 spiro atoms. The summed E-state index contributed by atoms with van der Waals surface area (Å²) in [5.41, 5.74) is 7.19. The molecule has 1 heterocycles. The molecular weight excluding hydrogens is 380 g/mol. The Morgan fingerprint density at radius 2 is 1.76 bits per heavy atom. The first-order valence-electron chi connectivity index (χ1n) is 9.72. The van der Waals surface area contributed by atoms with Crippen LogP contribution < -0.4 is 5.32 Å². The summed E-state index contributed by atoms with van der Waals surface area (Å²) in [6.45, 7) is 4.42. The molecule has 4 heteroatoms. The van der Waals surface area contributed by atoms with E-state index in [-0.39, 0.29) is 5.75 Å². The Bertz CT molecular complexity index is 1100. The number of aliphatic imine (C=N–C) groups is 1. The first kappa shape index (κ1) is 19.3. The van der Waals surface area contributed by atoms with E-state index < -0.39 is 0 Å². The van der Waals surface area contributed by atoms with Crippen LogP contribution in [-0.4, -0.2) is 10.8 Å². The van der Waals surface area contributed by atoms with Crippen molar-refractivity contribution in [3.63, 3.8) is 0 Å². The molecule has 1 aliphatic heterocycles. The lowest BCUT2D eigenvalue weighted by molar-refractivity contribution is 0.475. The number of fused-ring (bicyclic) bond motifs is 1. The Morgan fingerprint density at radius 1 is 1.00 bits per heavy atom. The van der Waals surface area contributed by atoms with Crippen LogP contribution in [0.25, 0.3) is 0 Å². The van der Waals surface area contributed by atoms with Crippen molar-refractivity contribution in [1.82, 2.24) is 0 Å². The average molecular weight is 403 g/mol. The molecule has 0 aliphatic carbocycles. The topological polar surface area (TPSA) is 44.6 Å². The molecule has 0 amide bonds. The summed E-state index contributed by atoms with van der Waals surface area (Å²) in [6.07, 6.45) is 2.70. The second-order valence-electron chi connectivity index (χ2n) is 7.51. The predicted molar refractivity (Wildman–Crippen MR) is 121 cm³/mol. The molecule has 0 saturated carbocycles. The summed E-state index contributed by atoms with van der Waals surface area (Å²) in [4.78, 5) is 5.03. The van der Waals surface area contributed by atoms with Gasteiger partial charge in [0.2, 0.25) is 0 Å². The Kier molecular flexibility index (Phi) is 5.41. The Labute approximate surface area is 176 Å². The first-order valence-corrected chi connectivity index (χ1v) is 10.1. The zero-order chi connectivity index (χ0) is 20.4. The molecule has 0 fully saturated rings. The number of benzene rings is 3. The van der Waals surface area contributed by atoms with Gasteiger partial charge in [0.15, 0.2) is 0 Å². The number of phenols is 1. The molecule has 0 saturated heterocycles. The van der Waals surface area contributed by atoms with Crippen molar-refractivity contribution in [1.29, 1.82) is 0 Å². The third kappa shape index (κ3) is 4.20. The molecule has 0 radical (unpaired) electrons. The highest BCUT2D eigenvalue weighted by molar-refractivity contribution is 6.31. The van der Waals surface area contributed by atoms with E-state index in [0.29, 0.717) is 10.9 Å². The third-order valence-corrected chi connectivity index (χ3v) is 5.31. The van der Waals surface area contributed by atoms with Crippen molar-refractivity contribution in [2.75, 3.05) is 5.32 Å². The number of nitrogens with zero attached hydrogens (tertiary/aromatic N) is 1. The van der Waals surface area contributed by atoms with E-state index in [2.05, 4.69) is 43.4 Å². The molecule has 3 aromatic rings. The number of allylic oxidation sites excluding steroid dienone is 1. The van der Waals surface area contributed by atoms with Gasteiger partial charge in [0.25, 0.3) is 0 Å². The van der Waals surface area contributed by atoms with Gasteiger partial charge in [-0.15, -0.1) is 0 Å². The minimum absolute atomic E-state index is 0.231. The van der Waals surface area contributed by atoms with Gasteiger partial charge >= 0.3 is 0 Å². The molecule has 29 heavy (non-hydrogen) atoms. The molecule has 3 aromatic carbocycles. The normalized spacial score (nSPS) is 13.2. The van der Waals surface area contributed by atoms with Gasteiger partial charge in [0, 0.05) is 34.5 Å². The van der Waals surface area contributed by atoms with Crippen LogP contribution in [0.5, 0.6) is 5.75 Å². The highest BCUT2D eigenvalue weighted by atomic mass is 35.5. The van der Waals surface area contributed by atoms with Crippen molar-refractivity contribution in [2.24, 2.45) is 4.99 Å². The first-order chi connectivity index (χ1) is 14.0. The highest BCUT2D eigenvalue weighted by Gasteiger charge is 2.17. The minimum Gasteiger partial charge on any atom is -0.508 e.